The Bertz CT molecular complexity index is 583. The van der Waals surface area contributed by atoms with Crippen LogP contribution in [0.5, 0.6) is 0 Å². The molecule has 1 aromatic carbocycles. The monoisotopic (exact) mass is 325 g/mol. The van der Waals surface area contributed by atoms with Gasteiger partial charge in [-0.25, -0.2) is 4.98 Å². The highest BCUT2D eigenvalue weighted by Gasteiger charge is 2.10. The number of aromatic nitrogens is 1. The van der Waals surface area contributed by atoms with Gasteiger partial charge in [-0.05, 0) is 30.3 Å². The molecule has 18 heavy (non-hydrogen) atoms. The second-order valence-electron chi connectivity index (χ2n) is 3.56. The van der Waals surface area contributed by atoms with Gasteiger partial charge in [0, 0.05) is 21.9 Å². The highest BCUT2D eigenvalue weighted by molar-refractivity contribution is 9.10. The number of pyridine rings is 1. The van der Waals surface area contributed by atoms with Crippen LogP contribution in [0, 0.1) is 0 Å². The molecule has 2 aromatic rings. The number of rotatable bonds is 2. The molecular formula is C12H9BrClN3O. The van der Waals surface area contributed by atoms with Crippen molar-refractivity contribution >= 4 is 44.9 Å². The van der Waals surface area contributed by atoms with E-state index in [-0.39, 0.29) is 5.91 Å². The van der Waals surface area contributed by atoms with Crippen LogP contribution in [0.4, 0.5) is 11.5 Å². The zero-order valence-electron chi connectivity index (χ0n) is 9.15. The Balaban J connectivity index is 2.25. The van der Waals surface area contributed by atoms with Crippen LogP contribution < -0.4 is 11.1 Å². The quantitative estimate of drug-likeness (QED) is 0.832. The Morgan fingerprint density at radius 1 is 1.39 bits per heavy atom. The predicted molar refractivity (Wildman–Crippen MR) is 75.8 cm³/mol. The van der Waals surface area contributed by atoms with Crippen molar-refractivity contribution in [3.05, 3.63) is 51.6 Å². The minimum absolute atomic E-state index is 0.316. The number of nitrogen functional groups attached to an aromatic ring is 1. The molecule has 0 unspecified atom stereocenters. The number of hydrogen-bond acceptors (Lipinski definition) is 3. The number of halogens is 2. The number of carbonyl (C=O) groups excluding carboxylic acids is 1. The maximum Gasteiger partial charge on any atom is 0.256 e. The molecule has 0 aliphatic heterocycles. The third-order valence-electron chi connectivity index (χ3n) is 2.17. The van der Waals surface area contributed by atoms with E-state index in [9.17, 15) is 4.79 Å². The number of anilines is 2. The van der Waals surface area contributed by atoms with E-state index in [0.29, 0.717) is 22.1 Å². The van der Waals surface area contributed by atoms with Crippen molar-refractivity contribution in [2.45, 2.75) is 0 Å². The summed E-state index contributed by atoms with van der Waals surface area (Å²) in [6, 6.07) is 8.30. The molecular weight excluding hydrogens is 318 g/mol. The lowest BCUT2D eigenvalue weighted by Gasteiger charge is -2.07. The van der Waals surface area contributed by atoms with E-state index in [2.05, 4.69) is 26.2 Å². The molecule has 3 N–H and O–H groups in total. The molecule has 0 fully saturated rings. The molecule has 0 atom stereocenters. The molecule has 0 bridgehead atoms. The van der Waals surface area contributed by atoms with Gasteiger partial charge >= 0.3 is 0 Å². The third-order valence-corrected chi connectivity index (χ3v) is 2.94. The normalized spacial score (nSPS) is 10.1. The van der Waals surface area contributed by atoms with Crippen molar-refractivity contribution in [3.63, 3.8) is 0 Å². The summed E-state index contributed by atoms with van der Waals surface area (Å²) in [4.78, 5) is 16.0. The molecule has 0 aliphatic carbocycles. The zero-order chi connectivity index (χ0) is 13.1. The maximum absolute atomic E-state index is 12.0. The van der Waals surface area contributed by atoms with E-state index in [1.807, 2.05) is 0 Å². The van der Waals surface area contributed by atoms with Crippen molar-refractivity contribution in [2.24, 2.45) is 0 Å². The molecule has 1 aromatic heterocycles. The largest absolute Gasteiger partial charge is 0.399 e. The summed E-state index contributed by atoms with van der Waals surface area (Å²) in [7, 11) is 0. The van der Waals surface area contributed by atoms with Crippen LogP contribution in [0.1, 0.15) is 10.4 Å². The van der Waals surface area contributed by atoms with Gasteiger partial charge in [-0.3, -0.25) is 4.79 Å². The Morgan fingerprint density at radius 2 is 2.17 bits per heavy atom. The Labute approximate surface area is 117 Å². The average molecular weight is 327 g/mol. The molecule has 92 valence electrons. The lowest BCUT2D eigenvalue weighted by Crippen LogP contribution is -2.13. The maximum atomic E-state index is 12.0. The van der Waals surface area contributed by atoms with Crippen LogP contribution in [0.25, 0.3) is 0 Å². The van der Waals surface area contributed by atoms with Gasteiger partial charge in [-0.1, -0.05) is 27.5 Å². The van der Waals surface area contributed by atoms with Crippen molar-refractivity contribution in [3.8, 4) is 0 Å². The first kappa shape index (κ1) is 12.9. The predicted octanol–water partition coefficient (Wildman–Crippen LogP) is 3.33. The van der Waals surface area contributed by atoms with E-state index < -0.39 is 0 Å². The summed E-state index contributed by atoms with van der Waals surface area (Å²) < 4.78 is 0.736. The van der Waals surface area contributed by atoms with Crippen LogP contribution >= 0.6 is 27.5 Å². The van der Waals surface area contributed by atoms with Crippen LogP contribution in [0.15, 0.2) is 41.0 Å². The highest BCUT2D eigenvalue weighted by atomic mass is 79.9. The van der Waals surface area contributed by atoms with Crippen LogP contribution in [0.2, 0.25) is 5.02 Å². The number of nitrogens with one attached hydrogen (secondary N) is 1. The molecule has 4 nitrogen and oxygen atoms in total. The fourth-order valence-corrected chi connectivity index (χ4v) is 2.08. The standard InChI is InChI=1S/C12H9BrClN3O/c13-8-4-7(5-9(15)6-8)12(18)17-11-10(14)2-1-3-16-11/h1-6H,15H2,(H,16,17,18). The molecule has 0 spiro atoms. The lowest BCUT2D eigenvalue weighted by molar-refractivity contribution is 0.102. The average Bonchev–Trinajstić information content (AvgIpc) is 2.31. The summed E-state index contributed by atoms with van der Waals surface area (Å²) in [5, 5.41) is 3.01. The van der Waals surface area contributed by atoms with E-state index in [4.69, 9.17) is 17.3 Å². The Kier molecular flexibility index (Phi) is 3.84. The minimum Gasteiger partial charge on any atom is -0.399 e. The Morgan fingerprint density at radius 3 is 2.83 bits per heavy atom. The lowest BCUT2D eigenvalue weighted by atomic mass is 10.2. The first-order chi connectivity index (χ1) is 8.56. The van der Waals surface area contributed by atoms with Gasteiger partial charge < -0.3 is 11.1 Å². The fourth-order valence-electron chi connectivity index (χ4n) is 1.40. The van der Waals surface area contributed by atoms with E-state index in [1.165, 1.54) is 0 Å². The number of nitrogens with two attached hydrogens (primary N) is 1. The molecule has 2 rings (SSSR count). The number of hydrogen-bond donors (Lipinski definition) is 2. The molecule has 0 aliphatic rings. The summed E-state index contributed by atoms with van der Waals surface area (Å²) in [5.74, 6) is 0.00585. The Hall–Kier alpha value is -1.59. The first-order valence-corrected chi connectivity index (χ1v) is 6.21. The van der Waals surface area contributed by atoms with Gasteiger partial charge in [0.15, 0.2) is 5.82 Å². The molecule has 0 saturated carbocycles. The minimum atomic E-state index is -0.316. The van der Waals surface area contributed by atoms with Gasteiger partial charge in [-0.2, -0.15) is 0 Å². The smallest absolute Gasteiger partial charge is 0.256 e. The molecule has 0 saturated heterocycles. The number of benzene rings is 1. The summed E-state index contributed by atoms with van der Waals surface area (Å²) >= 11 is 9.19. The van der Waals surface area contributed by atoms with E-state index >= 15 is 0 Å². The fraction of sp³-hybridized carbons (Fsp3) is 0. The topological polar surface area (TPSA) is 68.0 Å². The van der Waals surface area contributed by atoms with Gasteiger partial charge in [0.25, 0.3) is 5.91 Å². The summed E-state index contributed by atoms with van der Waals surface area (Å²) in [6.45, 7) is 0. The third kappa shape index (κ3) is 3.00. The highest BCUT2D eigenvalue weighted by Crippen LogP contribution is 2.21. The van der Waals surface area contributed by atoms with E-state index in [0.717, 1.165) is 4.47 Å². The van der Waals surface area contributed by atoms with Crippen molar-refractivity contribution in [2.75, 3.05) is 11.1 Å². The van der Waals surface area contributed by atoms with Crippen molar-refractivity contribution in [1.29, 1.82) is 0 Å². The second-order valence-corrected chi connectivity index (χ2v) is 4.88. The number of amides is 1. The molecule has 6 heteroatoms. The van der Waals surface area contributed by atoms with E-state index in [1.54, 1.807) is 36.5 Å². The molecule has 1 heterocycles. The molecule has 0 radical (unpaired) electrons. The van der Waals surface area contributed by atoms with Gasteiger partial charge in [0.1, 0.15) is 0 Å². The SMILES string of the molecule is Nc1cc(Br)cc(C(=O)Nc2ncccc2Cl)c1. The first-order valence-electron chi connectivity index (χ1n) is 5.04. The van der Waals surface area contributed by atoms with Crippen molar-refractivity contribution in [1.82, 2.24) is 4.98 Å². The zero-order valence-corrected chi connectivity index (χ0v) is 11.5. The summed E-state index contributed by atoms with van der Waals surface area (Å²) in [6.07, 6.45) is 1.55. The second kappa shape index (κ2) is 5.37. The van der Waals surface area contributed by atoms with Gasteiger partial charge in [-0.15, -0.1) is 0 Å². The van der Waals surface area contributed by atoms with Gasteiger partial charge in [0.2, 0.25) is 0 Å². The van der Waals surface area contributed by atoms with Gasteiger partial charge in [0.05, 0.1) is 5.02 Å². The number of nitrogens with zero attached hydrogens (tertiary/aromatic N) is 1. The van der Waals surface area contributed by atoms with Crippen LogP contribution in [-0.4, -0.2) is 10.9 Å². The van der Waals surface area contributed by atoms with Crippen molar-refractivity contribution < 1.29 is 4.79 Å². The number of carbonyl (C=O) groups is 1. The summed E-state index contributed by atoms with van der Waals surface area (Å²) in [5.41, 5.74) is 6.60. The van der Waals surface area contributed by atoms with Crippen LogP contribution in [0.3, 0.4) is 0 Å². The molecule has 1 amide bonds. The van der Waals surface area contributed by atoms with Crippen LogP contribution in [-0.2, 0) is 0 Å².